The van der Waals surface area contributed by atoms with E-state index in [1.807, 2.05) is 0 Å². The summed E-state index contributed by atoms with van der Waals surface area (Å²) in [5.41, 5.74) is 17.4. The van der Waals surface area contributed by atoms with E-state index in [9.17, 15) is 48.9 Å². The molecule has 0 aliphatic carbocycles. The second-order valence-corrected chi connectivity index (χ2v) is 14.6. The average molecular weight is 845 g/mol. The van der Waals surface area contributed by atoms with Gasteiger partial charge in [0.05, 0.1) is 25.0 Å². The number of nitrogens with zero attached hydrogens (tertiary/aromatic N) is 2. The molecule has 0 bridgehead atoms. The number of H-pyrrole nitrogens is 1. The van der Waals surface area contributed by atoms with Gasteiger partial charge in [0.25, 0.3) is 0 Å². The molecule has 7 amide bonds. The Balaban J connectivity index is 2.33. The molecule has 22 nitrogen and oxygen atoms in total. The van der Waals surface area contributed by atoms with Crippen molar-refractivity contribution in [2.45, 2.75) is 109 Å². The topological polar surface area (TPSA) is 371 Å². The molecule has 0 unspecified atom stereocenters. The molecule has 9 atom stereocenters. The maximum absolute atomic E-state index is 14.0. The highest BCUT2D eigenvalue weighted by Gasteiger charge is 2.35. The molecule has 1 aromatic carbocycles. The van der Waals surface area contributed by atoms with E-state index in [0.29, 0.717) is 17.7 Å². The molecule has 0 aliphatic heterocycles. The third kappa shape index (κ3) is 16.5. The molecule has 2 rings (SSSR count). The molecular weight excluding hydrogens is 784 g/mol. The van der Waals surface area contributed by atoms with Crippen LogP contribution in [0.15, 0.2) is 41.8 Å². The lowest BCUT2D eigenvalue weighted by molar-refractivity contribution is -0.137. The molecular formula is C38H60N12O10. The summed E-state index contributed by atoms with van der Waals surface area (Å²) in [5.74, 6) is -7.26. The van der Waals surface area contributed by atoms with Gasteiger partial charge in [-0.25, -0.2) is 4.98 Å². The SMILES string of the molecule is CC[C@H](C)[C@H](NC(=O)[C@H](Cc1ccc(O)cc1)NC(=O)[C@H](C)NC(=O)[C@H](CCCN=C(N)N)NC(=O)[C@@H](NC(=O)[C@@H](C)CO)[C@@H](C)O)C(=O)N[C@@H](Cc1cnc[nH]1)C(N)=O. The monoisotopic (exact) mass is 844 g/mol. The summed E-state index contributed by atoms with van der Waals surface area (Å²) >= 11 is 0. The van der Waals surface area contributed by atoms with E-state index in [4.69, 9.17) is 17.2 Å². The molecule has 1 aromatic heterocycles. The van der Waals surface area contributed by atoms with Gasteiger partial charge in [-0.1, -0.05) is 39.3 Å². The summed E-state index contributed by atoms with van der Waals surface area (Å²) in [6.07, 6.45) is 1.89. The van der Waals surface area contributed by atoms with Crippen molar-refractivity contribution in [1.82, 2.24) is 41.9 Å². The van der Waals surface area contributed by atoms with E-state index < -0.39 is 102 Å². The molecule has 332 valence electrons. The number of primary amides is 1. The Morgan fingerprint density at radius 3 is 1.88 bits per heavy atom. The van der Waals surface area contributed by atoms with Crippen LogP contribution >= 0.6 is 0 Å². The minimum absolute atomic E-state index is 0.00774. The van der Waals surface area contributed by atoms with E-state index >= 15 is 0 Å². The Morgan fingerprint density at radius 1 is 0.750 bits per heavy atom. The molecule has 0 saturated carbocycles. The first-order chi connectivity index (χ1) is 28.3. The molecule has 0 fully saturated rings. The molecule has 0 spiro atoms. The first-order valence-electron chi connectivity index (χ1n) is 19.5. The number of hydrogen-bond donors (Lipinski definition) is 13. The molecule has 0 radical (unpaired) electrons. The molecule has 0 saturated heterocycles. The smallest absolute Gasteiger partial charge is 0.245 e. The Kier molecular flexibility index (Phi) is 20.4. The number of phenols is 1. The number of aliphatic hydroxyl groups excluding tert-OH is 2. The summed E-state index contributed by atoms with van der Waals surface area (Å²) in [4.78, 5) is 104. The highest BCUT2D eigenvalue weighted by atomic mass is 16.3. The van der Waals surface area contributed by atoms with E-state index in [-0.39, 0.29) is 43.9 Å². The number of phenolic OH excluding ortho intramolecular Hbond substituents is 1. The fourth-order valence-electron chi connectivity index (χ4n) is 5.63. The van der Waals surface area contributed by atoms with Crippen molar-refractivity contribution in [2.75, 3.05) is 13.2 Å². The molecule has 16 N–H and O–H groups in total. The van der Waals surface area contributed by atoms with Gasteiger partial charge in [-0.2, -0.15) is 0 Å². The number of carbonyl (C=O) groups excluding carboxylic acids is 7. The van der Waals surface area contributed by atoms with Crippen molar-refractivity contribution in [3.63, 3.8) is 0 Å². The van der Waals surface area contributed by atoms with Crippen LogP contribution in [-0.2, 0) is 46.4 Å². The number of carbonyl (C=O) groups is 7. The van der Waals surface area contributed by atoms with Gasteiger partial charge in [-0.3, -0.25) is 38.6 Å². The highest BCUT2D eigenvalue weighted by molar-refractivity contribution is 5.97. The average Bonchev–Trinajstić information content (AvgIpc) is 3.72. The fraction of sp³-hybridized carbons (Fsp3) is 0.553. The quantitative estimate of drug-likeness (QED) is 0.0262. The number of aromatic amines is 1. The molecule has 1 heterocycles. The predicted molar refractivity (Wildman–Crippen MR) is 218 cm³/mol. The van der Waals surface area contributed by atoms with Crippen LogP contribution in [0.2, 0.25) is 0 Å². The van der Waals surface area contributed by atoms with Gasteiger partial charge in [0, 0.05) is 31.3 Å². The Bertz CT molecular complexity index is 1770. The summed E-state index contributed by atoms with van der Waals surface area (Å²) in [5, 5.41) is 44.7. The molecule has 0 aliphatic rings. The van der Waals surface area contributed by atoms with Gasteiger partial charge in [0.15, 0.2) is 5.96 Å². The van der Waals surface area contributed by atoms with Crippen LogP contribution in [0.4, 0.5) is 0 Å². The van der Waals surface area contributed by atoms with Crippen molar-refractivity contribution in [1.29, 1.82) is 0 Å². The predicted octanol–water partition coefficient (Wildman–Crippen LogP) is -3.58. The van der Waals surface area contributed by atoms with Crippen LogP contribution < -0.4 is 49.1 Å². The maximum Gasteiger partial charge on any atom is 0.245 e. The minimum Gasteiger partial charge on any atom is -0.508 e. The number of benzene rings is 1. The van der Waals surface area contributed by atoms with Crippen LogP contribution in [0.1, 0.15) is 65.1 Å². The van der Waals surface area contributed by atoms with Crippen molar-refractivity contribution in [3.8, 4) is 5.75 Å². The normalized spacial score (nSPS) is 15.5. The first-order valence-corrected chi connectivity index (χ1v) is 19.5. The number of aromatic hydroxyl groups is 1. The summed E-state index contributed by atoms with van der Waals surface area (Å²) in [6, 6.07) is -2.02. The summed E-state index contributed by atoms with van der Waals surface area (Å²) < 4.78 is 0. The summed E-state index contributed by atoms with van der Waals surface area (Å²) in [7, 11) is 0. The number of hydrogen-bond acceptors (Lipinski definition) is 12. The second-order valence-electron chi connectivity index (χ2n) is 14.6. The van der Waals surface area contributed by atoms with Gasteiger partial charge in [-0.05, 0) is 50.3 Å². The lowest BCUT2D eigenvalue weighted by atomic mass is 9.96. The van der Waals surface area contributed by atoms with Crippen LogP contribution in [0.3, 0.4) is 0 Å². The van der Waals surface area contributed by atoms with Gasteiger partial charge in [0.1, 0.15) is 42.0 Å². The molecule has 22 heteroatoms. The fourth-order valence-corrected chi connectivity index (χ4v) is 5.63. The molecule has 2 aromatic rings. The number of rotatable bonds is 25. The standard InChI is InChI=1S/C38H60N12O10/c1-6-19(2)29(36(59)47-27(31(39)54)15-24-16-42-18-44-24)49-35(58)28(14-23-9-11-25(53)12-10-23)48-33(56)21(4)45-34(57)26(8-7-13-43-38(40)41)46-37(60)30(22(5)52)50-32(55)20(3)17-51/h9-12,16,18-22,26-30,51-53H,6-8,13-15,17H2,1-5H3,(H2,39,54)(H,42,44)(H,45,57)(H,46,60)(H,47,59)(H,48,56)(H,49,58)(H,50,55)(H4,40,41,43)/t19-,20-,21-,22+,26-,27-,28-,29-,30-/m0/s1. The second kappa shape index (κ2) is 24.6. The largest absolute Gasteiger partial charge is 0.508 e. The van der Waals surface area contributed by atoms with Crippen molar-refractivity contribution < 1.29 is 48.9 Å². The van der Waals surface area contributed by atoms with Crippen molar-refractivity contribution >= 4 is 47.3 Å². The Morgan fingerprint density at radius 2 is 1.33 bits per heavy atom. The van der Waals surface area contributed by atoms with E-state index in [1.165, 1.54) is 57.6 Å². The van der Waals surface area contributed by atoms with Gasteiger partial charge in [-0.15, -0.1) is 0 Å². The van der Waals surface area contributed by atoms with Crippen molar-refractivity contribution in [3.05, 3.63) is 48.0 Å². The Labute approximate surface area is 347 Å². The Hall–Kier alpha value is -6.29. The molecule has 60 heavy (non-hydrogen) atoms. The zero-order valence-electron chi connectivity index (χ0n) is 34.4. The lowest BCUT2D eigenvalue weighted by Gasteiger charge is -2.29. The third-order valence-corrected chi connectivity index (χ3v) is 9.56. The van der Waals surface area contributed by atoms with E-state index in [0.717, 1.165) is 0 Å². The minimum atomic E-state index is -1.52. The number of nitrogens with one attached hydrogen (secondary N) is 7. The zero-order chi connectivity index (χ0) is 45.1. The van der Waals surface area contributed by atoms with Crippen LogP contribution in [0.25, 0.3) is 0 Å². The van der Waals surface area contributed by atoms with Crippen LogP contribution in [-0.4, -0.2) is 128 Å². The third-order valence-electron chi connectivity index (χ3n) is 9.56. The van der Waals surface area contributed by atoms with Crippen molar-refractivity contribution in [2.24, 2.45) is 34.0 Å². The lowest BCUT2D eigenvalue weighted by Crippen LogP contribution is -2.61. The van der Waals surface area contributed by atoms with Gasteiger partial charge < -0.3 is 69.4 Å². The number of amides is 7. The van der Waals surface area contributed by atoms with Gasteiger partial charge in [0.2, 0.25) is 41.4 Å². The zero-order valence-corrected chi connectivity index (χ0v) is 34.4. The number of aliphatic imine (C=N–C) groups is 1. The first kappa shape index (κ1) is 49.9. The summed E-state index contributed by atoms with van der Waals surface area (Å²) in [6.45, 7) is 7.04. The van der Waals surface area contributed by atoms with E-state index in [1.54, 1.807) is 13.8 Å². The van der Waals surface area contributed by atoms with Gasteiger partial charge >= 0.3 is 0 Å². The van der Waals surface area contributed by atoms with Crippen LogP contribution in [0.5, 0.6) is 5.75 Å². The number of imidazole rings is 1. The highest BCUT2D eigenvalue weighted by Crippen LogP contribution is 2.14. The number of nitrogens with two attached hydrogens (primary N) is 3. The van der Waals surface area contributed by atoms with Crippen LogP contribution in [0, 0.1) is 11.8 Å². The van der Waals surface area contributed by atoms with E-state index in [2.05, 4.69) is 46.9 Å². The maximum atomic E-state index is 14.0. The number of aromatic nitrogens is 2. The number of aliphatic hydroxyl groups is 2. The number of guanidine groups is 1.